The summed E-state index contributed by atoms with van der Waals surface area (Å²) in [6, 6.07) is 0.314. The van der Waals surface area contributed by atoms with Crippen LogP contribution in [0.5, 0.6) is 0 Å². The van der Waals surface area contributed by atoms with Crippen LogP contribution in [0.3, 0.4) is 0 Å². The highest BCUT2D eigenvalue weighted by molar-refractivity contribution is 5.83. The van der Waals surface area contributed by atoms with Crippen LogP contribution in [0, 0.1) is 0 Å². The van der Waals surface area contributed by atoms with Crippen LogP contribution >= 0.6 is 0 Å². The number of nitrogens with zero attached hydrogens (tertiary/aromatic N) is 6. The van der Waals surface area contributed by atoms with Gasteiger partial charge in [-0.25, -0.2) is 15.0 Å². The molecule has 0 bridgehead atoms. The minimum Gasteiger partial charge on any atom is -0.347 e. The van der Waals surface area contributed by atoms with Crippen molar-refractivity contribution in [3.05, 3.63) is 30.6 Å². The highest BCUT2D eigenvalue weighted by Crippen LogP contribution is 2.36. The van der Waals surface area contributed by atoms with Gasteiger partial charge < -0.3 is 9.47 Å². The van der Waals surface area contributed by atoms with E-state index in [2.05, 4.69) is 37.0 Å². The van der Waals surface area contributed by atoms with Crippen molar-refractivity contribution < 1.29 is 0 Å². The molecule has 21 heavy (non-hydrogen) atoms. The number of H-pyrrole nitrogens is 1. The number of aromatic amines is 1. The fourth-order valence-corrected chi connectivity index (χ4v) is 3.12. The zero-order valence-electron chi connectivity index (χ0n) is 11.9. The van der Waals surface area contributed by atoms with Gasteiger partial charge in [0.25, 0.3) is 0 Å². The molecule has 1 unspecified atom stereocenters. The quantitative estimate of drug-likeness (QED) is 0.794. The van der Waals surface area contributed by atoms with Gasteiger partial charge in [-0.15, -0.1) is 0 Å². The van der Waals surface area contributed by atoms with E-state index in [9.17, 15) is 0 Å². The molecule has 1 N–H and O–H groups in total. The minimum atomic E-state index is 0.314. The molecule has 3 aromatic rings. The number of imidazole rings is 1. The molecule has 0 amide bonds. The van der Waals surface area contributed by atoms with E-state index in [1.54, 1.807) is 6.33 Å². The van der Waals surface area contributed by atoms with Crippen LogP contribution in [0.2, 0.25) is 0 Å². The lowest BCUT2D eigenvalue weighted by Gasteiger charge is -2.24. The molecular weight excluding hydrogens is 266 g/mol. The fourth-order valence-electron chi connectivity index (χ4n) is 3.12. The van der Waals surface area contributed by atoms with Crippen LogP contribution in [0.15, 0.2) is 25.0 Å². The van der Waals surface area contributed by atoms with Crippen molar-refractivity contribution in [2.24, 2.45) is 0 Å². The fraction of sp³-hybridized carbons (Fsp3) is 0.429. The van der Waals surface area contributed by atoms with Gasteiger partial charge in [0.2, 0.25) is 0 Å². The minimum absolute atomic E-state index is 0.314. The number of hydrogen-bond donors (Lipinski definition) is 1. The Labute approximate surface area is 122 Å². The van der Waals surface area contributed by atoms with E-state index in [1.807, 2.05) is 23.3 Å². The summed E-state index contributed by atoms with van der Waals surface area (Å²) in [5.74, 6) is 0.927. The number of nitrogens with one attached hydrogen (secondary N) is 1. The molecule has 0 aromatic carbocycles. The Morgan fingerprint density at radius 2 is 2.29 bits per heavy atom. The van der Waals surface area contributed by atoms with Crippen molar-refractivity contribution in [2.45, 2.75) is 32.4 Å². The average Bonchev–Trinajstić information content (AvgIpc) is 3.25. The highest BCUT2D eigenvalue weighted by Gasteiger charge is 2.29. The summed E-state index contributed by atoms with van der Waals surface area (Å²) < 4.78 is 2.05. The molecule has 1 aliphatic heterocycles. The molecule has 1 aliphatic rings. The van der Waals surface area contributed by atoms with Gasteiger partial charge in [0, 0.05) is 24.8 Å². The third-order valence-electron chi connectivity index (χ3n) is 4.15. The Bertz CT molecular complexity index is 746. The van der Waals surface area contributed by atoms with Crippen LogP contribution in [0.4, 0.5) is 5.82 Å². The van der Waals surface area contributed by atoms with Gasteiger partial charge in [-0.1, -0.05) is 0 Å². The number of rotatable bonds is 3. The number of hydrogen-bond acceptors (Lipinski definition) is 5. The lowest BCUT2D eigenvalue weighted by molar-refractivity contribution is 0.713. The number of aryl methyl sites for hydroxylation is 1. The van der Waals surface area contributed by atoms with Crippen molar-refractivity contribution in [1.82, 2.24) is 29.7 Å². The van der Waals surface area contributed by atoms with Crippen LogP contribution in [0.1, 0.15) is 31.4 Å². The van der Waals surface area contributed by atoms with Gasteiger partial charge in [0.05, 0.1) is 18.6 Å². The van der Waals surface area contributed by atoms with E-state index < -0.39 is 0 Å². The van der Waals surface area contributed by atoms with Crippen molar-refractivity contribution in [1.29, 1.82) is 0 Å². The maximum absolute atomic E-state index is 4.52. The third kappa shape index (κ3) is 1.88. The third-order valence-corrected chi connectivity index (χ3v) is 4.15. The second-order valence-electron chi connectivity index (χ2n) is 5.28. The van der Waals surface area contributed by atoms with E-state index in [-0.39, 0.29) is 0 Å². The van der Waals surface area contributed by atoms with Crippen LogP contribution in [-0.2, 0) is 6.54 Å². The lowest BCUT2D eigenvalue weighted by Crippen LogP contribution is -2.23. The molecule has 7 heteroatoms. The Morgan fingerprint density at radius 3 is 3.10 bits per heavy atom. The number of aromatic nitrogens is 6. The van der Waals surface area contributed by atoms with Crippen LogP contribution in [0.25, 0.3) is 11.2 Å². The maximum atomic E-state index is 4.52. The van der Waals surface area contributed by atoms with Crippen LogP contribution < -0.4 is 4.90 Å². The lowest BCUT2D eigenvalue weighted by atomic mass is 10.1. The molecule has 3 aromatic heterocycles. The average molecular weight is 283 g/mol. The molecule has 0 saturated carbocycles. The van der Waals surface area contributed by atoms with Gasteiger partial charge in [-0.3, -0.25) is 5.10 Å². The highest BCUT2D eigenvalue weighted by atomic mass is 15.3. The van der Waals surface area contributed by atoms with Gasteiger partial charge in [-0.2, -0.15) is 5.10 Å². The second kappa shape index (κ2) is 4.83. The first-order valence-corrected chi connectivity index (χ1v) is 7.29. The Kier molecular flexibility index (Phi) is 2.83. The molecule has 108 valence electrons. The molecular formula is C14H17N7. The largest absolute Gasteiger partial charge is 0.347 e. The summed E-state index contributed by atoms with van der Waals surface area (Å²) in [4.78, 5) is 15.7. The van der Waals surface area contributed by atoms with Gasteiger partial charge in [0.1, 0.15) is 6.33 Å². The molecule has 1 atom stereocenters. The van der Waals surface area contributed by atoms with Gasteiger partial charge >= 0.3 is 0 Å². The standard InChI is InChI=1S/C14H17N7/c1-2-20-9-17-12-13(20)15-8-16-14(12)21-5-3-4-11(21)10-6-18-19-7-10/h6-9,11H,2-5H2,1H3,(H,18,19). The Hall–Kier alpha value is -2.44. The predicted octanol–water partition coefficient (Wildman–Crippen LogP) is 1.91. The molecule has 1 saturated heterocycles. The monoisotopic (exact) mass is 283 g/mol. The van der Waals surface area contributed by atoms with Crippen LogP contribution in [-0.4, -0.2) is 36.3 Å². The van der Waals surface area contributed by atoms with E-state index in [0.717, 1.165) is 42.9 Å². The Balaban J connectivity index is 1.80. The molecule has 7 nitrogen and oxygen atoms in total. The summed E-state index contributed by atoms with van der Waals surface area (Å²) in [6.45, 7) is 3.94. The van der Waals surface area contributed by atoms with E-state index >= 15 is 0 Å². The Morgan fingerprint density at radius 1 is 1.33 bits per heavy atom. The summed E-state index contributed by atoms with van der Waals surface area (Å²) >= 11 is 0. The van der Waals surface area contributed by atoms with Crippen molar-refractivity contribution in [3.63, 3.8) is 0 Å². The normalized spacial score (nSPS) is 18.7. The second-order valence-corrected chi connectivity index (χ2v) is 5.28. The molecule has 4 rings (SSSR count). The molecule has 0 radical (unpaired) electrons. The summed E-state index contributed by atoms with van der Waals surface area (Å²) in [7, 11) is 0. The van der Waals surface area contributed by atoms with Crippen molar-refractivity contribution in [2.75, 3.05) is 11.4 Å². The molecule has 1 fully saturated rings. The van der Waals surface area contributed by atoms with Gasteiger partial charge in [-0.05, 0) is 19.8 Å². The molecule has 4 heterocycles. The first-order chi connectivity index (χ1) is 10.4. The van der Waals surface area contributed by atoms with Crippen molar-refractivity contribution >= 4 is 17.0 Å². The smallest absolute Gasteiger partial charge is 0.165 e. The SMILES string of the molecule is CCn1cnc2c(N3CCCC3c3cn[nH]c3)ncnc21. The topological polar surface area (TPSA) is 75.5 Å². The molecule has 0 spiro atoms. The zero-order chi connectivity index (χ0) is 14.2. The zero-order valence-corrected chi connectivity index (χ0v) is 11.9. The predicted molar refractivity (Wildman–Crippen MR) is 78.9 cm³/mol. The van der Waals surface area contributed by atoms with E-state index in [1.165, 1.54) is 5.56 Å². The molecule has 0 aliphatic carbocycles. The van der Waals surface area contributed by atoms with Gasteiger partial charge in [0.15, 0.2) is 17.0 Å². The van der Waals surface area contributed by atoms with E-state index in [0.29, 0.717) is 6.04 Å². The van der Waals surface area contributed by atoms with E-state index in [4.69, 9.17) is 0 Å². The number of fused-ring (bicyclic) bond motifs is 1. The maximum Gasteiger partial charge on any atom is 0.165 e. The summed E-state index contributed by atoms with van der Waals surface area (Å²) in [5, 5.41) is 6.97. The van der Waals surface area contributed by atoms with Crippen molar-refractivity contribution in [3.8, 4) is 0 Å². The summed E-state index contributed by atoms with van der Waals surface area (Å²) in [5.41, 5.74) is 2.99. The summed E-state index contributed by atoms with van der Waals surface area (Å²) in [6.07, 6.45) is 9.59. The number of anilines is 1. The first-order valence-electron chi connectivity index (χ1n) is 7.29. The first kappa shape index (κ1) is 12.3.